The van der Waals surface area contributed by atoms with Crippen LogP contribution in [-0.2, 0) is 5.54 Å². The highest BCUT2D eigenvalue weighted by Gasteiger charge is 2.35. The molecule has 1 atom stereocenters. The van der Waals surface area contributed by atoms with Crippen molar-refractivity contribution in [2.24, 2.45) is 0 Å². The second-order valence-electron chi connectivity index (χ2n) is 9.58. The van der Waals surface area contributed by atoms with Crippen LogP contribution in [0.4, 0.5) is 17.5 Å². The Balaban J connectivity index is 1.36. The van der Waals surface area contributed by atoms with Gasteiger partial charge in [-0.1, -0.05) is 6.92 Å². The van der Waals surface area contributed by atoms with Gasteiger partial charge in [-0.15, -0.1) is 0 Å². The molecule has 2 N–H and O–H groups in total. The third kappa shape index (κ3) is 3.90. The smallest absolute Gasteiger partial charge is 0.268 e. The number of aromatic nitrogens is 4. The summed E-state index contributed by atoms with van der Waals surface area (Å²) in [7, 11) is 4.31. The number of piperidine rings is 1. The highest BCUT2D eigenvalue weighted by atomic mass is 16.2. The number of fused-ring (bicyclic) bond motifs is 3. The van der Waals surface area contributed by atoms with Gasteiger partial charge >= 0.3 is 0 Å². The molecule has 0 spiro atoms. The Morgan fingerprint density at radius 2 is 2.00 bits per heavy atom. The van der Waals surface area contributed by atoms with E-state index in [2.05, 4.69) is 69.0 Å². The number of carbonyl (C=O) groups is 1. The van der Waals surface area contributed by atoms with Crippen molar-refractivity contribution in [2.45, 2.75) is 44.7 Å². The molecule has 9 nitrogen and oxygen atoms in total. The zero-order chi connectivity index (χ0) is 23.2. The van der Waals surface area contributed by atoms with Crippen molar-refractivity contribution in [3.8, 4) is 0 Å². The summed E-state index contributed by atoms with van der Waals surface area (Å²) in [5.74, 6) is 1.10. The molecule has 2 aliphatic rings. The van der Waals surface area contributed by atoms with Crippen molar-refractivity contribution >= 4 is 34.4 Å². The minimum Gasteiger partial charge on any atom is -0.370 e. The van der Waals surface area contributed by atoms with E-state index < -0.39 is 0 Å². The van der Waals surface area contributed by atoms with E-state index in [9.17, 15) is 4.79 Å². The van der Waals surface area contributed by atoms with Crippen LogP contribution in [0.15, 0.2) is 30.6 Å². The van der Waals surface area contributed by atoms with Gasteiger partial charge in [0.1, 0.15) is 17.2 Å². The van der Waals surface area contributed by atoms with Crippen LogP contribution in [-0.4, -0.2) is 70.1 Å². The van der Waals surface area contributed by atoms with Crippen LogP contribution in [0.1, 0.15) is 43.6 Å². The summed E-state index contributed by atoms with van der Waals surface area (Å²) >= 11 is 0. The molecule has 9 heteroatoms. The SMILES string of the molecule is CCC1(C)CNC(=O)c2cc3cnc(Nc4ccc(N5CCC(N(C)C)CC5)cn4)nc3n21. The topological polar surface area (TPSA) is 91.2 Å². The Morgan fingerprint density at radius 1 is 1.21 bits per heavy atom. The van der Waals surface area contributed by atoms with E-state index in [0.29, 0.717) is 30.0 Å². The molecular weight excluding hydrogens is 416 g/mol. The van der Waals surface area contributed by atoms with Crippen LogP contribution < -0.4 is 15.5 Å². The monoisotopic (exact) mass is 448 g/mol. The number of pyridine rings is 1. The first kappa shape index (κ1) is 21.6. The minimum absolute atomic E-state index is 0.0692. The summed E-state index contributed by atoms with van der Waals surface area (Å²) in [6.45, 7) is 6.94. The van der Waals surface area contributed by atoms with Crippen molar-refractivity contribution in [3.05, 3.63) is 36.3 Å². The summed E-state index contributed by atoms with van der Waals surface area (Å²) in [6.07, 6.45) is 6.89. The predicted molar refractivity (Wildman–Crippen MR) is 130 cm³/mol. The maximum Gasteiger partial charge on any atom is 0.268 e. The van der Waals surface area contributed by atoms with Gasteiger partial charge in [-0.05, 0) is 58.5 Å². The molecule has 0 saturated carbocycles. The lowest BCUT2D eigenvalue weighted by molar-refractivity contribution is 0.0880. The molecule has 0 aromatic carbocycles. The fourth-order valence-corrected chi connectivity index (χ4v) is 4.89. The molecular formula is C24H32N8O. The maximum absolute atomic E-state index is 12.4. The lowest BCUT2D eigenvalue weighted by Gasteiger charge is -2.36. The van der Waals surface area contributed by atoms with Gasteiger partial charge in [-0.25, -0.2) is 9.97 Å². The van der Waals surface area contributed by atoms with E-state index in [4.69, 9.17) is 4.98 Å². The van der Waals surface area contributed by atoms with Gasteiger partial charge in [-0.2, -0.15) is 4.98 Å². The summed E-state index contributed by atoms with van der Waals surface area (Å²) in [4.78, 5) is 31.0. The van der Waals surface area contributed by atoms with Crippen LogP contribution >= 0.6 is 0 Å². The predicted octanol–water partition coefficient (Wildman–Crippen LogP) is 2.97. The van der Waals surface area contributed by atoms with Crippen LogP contribution in [0, 0.1) is 0 Å². The average molecular weight is 449 g/mol. The number of nitrogens with zero attached hydrogens (tertiary/aromatic N) is 6. The first-order chi connectivity index (χ1) is 15.9. The van der Waals surface area contributed by atoms with E-state index >= 15 is 0 Å². The standard InChI is InChI=1S/C24H32N8O/c1-5-24(2)15-27-22(33)19-12-16-13-26-23(29-21(16)32(19)24)28-20-7-6-18(14-25-20)31-10-8-17(9-11-31)30(3)4/h6-7,12-14,17H,5,8-11,15H2,1-4H3,(H,27,33)(H,25,26,28,29). The second-order valence-corrected chi connectivity index (χ2v) is 9.58. The molecule has 3 aromatic rings. The molecule has 1 fully saturated rings. The number of hydrogen-bond acceptors (Lipinski definition) is 7. The largest absolute Gasteiger partial charge is 0.370 e. The number of amides is 1. The third-order valence-electron chi connectivity index (χ3n) is 7.25. The molecule has 0 bridgehead atoms. The van der Waals surface area contributed by atoms with E-state index in [0.717, 1.165) is 49.1 Å². The normalized spacial score (nSPS) is 21.4. The Morgan fingerprint density at radius 3 is 2.67 bits per heavy atom. The van der Waals surface area contributed by atoms with Crippen molar-refractivity contribution in [3.63, 3.8) is 0 Å². The molecule has 5 heterocycles. The van der Waals surface area contributed by atoms with E-state index in [1.807, 2.05) is 18.3 Å². The molecule has 174 valence electrons. The molecule has 0 radical (unpaired) electrons. The van der Waals surface area contributed by atoms with Gasteiger partial charge in [0.15, 0.2) is 0 Å². The average Bonchev–Trinajstić information content (AvgIpc) is 3.23. The summed E-state index contributed by atoms with van der Waals surface area (Å²) in [5.41, 5.74) is 2.31. The van der Waals surface area contributed by atoms with E-state index in [1.54, 1.807) is 6.20 Å². The minimum atomic E-state index is -0.226. The zero-order valence-corrected chi connectivity index (χ0v) is 19.8. The summed E-state index contributed by atoms with van der Waals surface area (Å²) in [5, 5.41) is 7.08. The zero-order valence-electron chi connectivity index (χ0n) is 19.8. The molecule has 5 rings (SSSR count). The fourth-order valence-electron chi connectivity index (χ4n) is 4.89. The van der Waals surface area contributed by atoms with Gasteiger partial charge in [0.25, 0.3) is 5.91 Å². The number of hydrogen-bond donors (Lipinski definition) is 2. The molecule has 1 saturated heterocycles. The van der Waals surface area contributed by atoms with Crippen LogP contribution in [0.5, 0.6) is 0 Å². The second kappa shape index (κ2) is 8.30. The highest BCUT2D eigenvalue weighted by molar-refractivity contribution is 5.99. The summed E-state index contributed by atoms with van der Waals surface area (Å²) < 4.78 is 2.06. The lowest BCUT2D eigenvalue weighted by Crippen LogP contribution is -2.49. The maximum atomic E-state index is 12.4. The molecule has 3 aromatic heterocycles. The van der Waals surface area contributed by atoms with Gasteiger partial charge in [-0.3, -0.25) is 4.79 Å². The van der Waals surface area contributed by atoms with Gasteiger partial charge in [0.2, 0.25) is 5.95 Å². The molecule has 1 amide bonds. The third-order valence-corrected chi connectivity index (χ3v) is 7.25. The van der Waals surface area contributed by atoms with Crippen LogP contribution in [0.3, 0.4) is 0 Å². The van der Waals surface area contributed by atoms with Gasteiger partial charge < -0.3 is 25.0 Å². The molecule has 33 heavy (non-hydrogen) atoms. The molecule has 0 aliphatic carbocycles. The molecule has 2 aliphatic heterocycles. The van der Waals surface area contributed by atoms with Crippen LogP contribution in [0.2, 0.25) is 0 Å². The number of rotatable bonds is 5. The van der Waals surface area contributed by atoms with Crippen molar-refractivity contribution in [1.82, 2.24) is 29.7 Å². The lowest BCUT2D eigenvalue weighted by atomic mass is 9.96. The van der Waals surface area contributed by atoms with Crippen molar-refractivity contribution in [2.75, 3.05) is 43.9 Å². The van der Waals surface area contributed by atoms with Crippen molar-refractivity contribution in [1.29, 1.82) is 0 Å². The van der Waals surface area contributed by atoms with E-state index in [1.165, 1.54) is 0 Å². The van der Waals surface area contributed by atoms with Crippen LogP contribution in [0.25, 0.3) is 11.0 Å². The Bertz CT molecular complexity index is 1160. The number of anilines is 3. The number of nitrogens with one attached hydrogen (secondary N) is 2. The highest BCUT2D eigenvalue weighted by Crippen LogP contribution is 2.32. The quantitative estimate of drug-likeness (QED) is 0.620. The fraction of sp³-hybridized carbons (Fsp3) is 0.500. The van der Waals surface area contributed by atoms with Crippen molar-refractivity contribution < 1.29 is 4.79 Å². The Labute approximate surface area is 194 Å². The number of carbonyl (C=O) groups excluding carboxylic acids is 1. The Kier molecular flexibility index (Phi) is 5.44. The molecule has 1 unspecified atom stereocenters. The van der Waals surface area contributed by atoms with E-state index in [-0.39, 0.29) is 11.4 Å². The van der Waals surface area contributed by atoms with Gasteiger partial charge in [0, 0.05) is 37.3 Å². The van der Waals surface area contributed by atoms with Gasteiger partial charge in [0.05, 0.1) is 17.4 Å². The first-order valence-electron chi connectivity index (χ1n) is 11.7. The first-order valence-corrected chi connectivity index (χ1v) is 11.7. The summed E-state index contributed by atoms with van der Waals surface area (Å²) in [6, 6.07) is 6.59. The Hall–Kier alpha value is -3.20.